The Bertz CT molecular complexity index is 785. The van der Waals surface area contributed by atoms with Crippen LogP contribution < -0.4 is 0 Å². The second kappa shape index (κ2) is 7.33. The minimum atomic E-state index is -1.05. The van der Waals surface area contributed by atoms with Crippen LogP contribution in [0, 0.1) is 6.92 Å². The molecule has 1 atom stereocenters. The number of morpholine rings is 1. The quantitative estimate of drug-likeness (QED) is 0.907. The maximum Gasteiger partial charge on any atom is 0.334 e. The van der Waals surface area contributed by atoms with E-state index in [1.165, 1.54) is 21.8 Å². The number of rotatable bonds is 4. The van der Waals surface area contributed by atoms with Gasteiger partial charge in [0.15, 0.2) is 6.10 Å². The van der Waals surface area contributed by atoms with E-state index >= 15 is 0 Å². The van der Waals surface area contributed by atoms with E-state index in [2.05, 4.69) is 24.0 Å². The maximum absolute atomic E-state index is 12.8. The van der Waals surface area contributed by atoms with Crippen molar-refractivity contribution in [1.82, 2.24) is 9.88 Å². The molecule has 3 rings (SSSR count). The Morgan fingerprint density at radius 2 is 2.08 bits per heavy atom. The molecule has 0 saturated carbocycles. The number of amides is 1. The minimum Gasteiger partial charge on any atom is -0.479 e. The van der Waals surface area contributed by atoms with Gasteiger partial charge in [-0.25, -0.2) is 9.78 Å². The lowest BCUT2D eigenvalue weighted by atomic mass is 10.1. The van der Waals surface area contributed by atoms with Crippen molar-refractivity contribution in [2.75, 3.05) is 19.7 Å². The lowest BCUT2D eigenvalue weighted by Crippen LogP contribution is -2.48. The highest BCUT2D eigenvalue weighted by Crippen LogP contribution is 2.29. The zero-order valence-corrected chi connectivity index (χ0v) is 15.0. The van der Waals surface area contributed by atoms with Gasteiger partial charge in [-0.05, 0) is 18.9 Å². The number of hydrogen-bond acceptors (Lipinski definition) is 5. The smallest absolute Gasteiger partial charge is 0.334 e. The number of carbonyl (C=O) groups is 2. The van der Waals surface area contributed by atoms with E-state index in [1.54, 1.807) is 0 Å². The molecule has 1 aliphatic rings. The monoisotopic (exact) mass is 360 g/mol. The van der Waals surface area contributed by atoms with Gasteiger partial charge >= 0.3 is 5.97 Å². The van der Waals surface area contributed by atoms with Crippen LogP contribution in [0.5, 0.6) is 0 Å². The summed E-state index contributed by atoms with van der Waals surface area (Å²) in [5.41, 5.74) is 2.90. The molecule has 7 heteroatoms. The Kier molecular flexibility index (Phi) is 5.15. The van der Waals surface area contributed by atoms with Gasteiger partial charge < -0.3 is 14.7 Å². The summed E-state index contributed by atoms with van der Waals surface area (Å²) in [6.07, 6.45) is 0.00914. The van der Waals surface area contributed by atoms with Crippen LogP contribution in [-0.4, -0.2) is 52.7 Å². The van der Waals surface area contributed by atoms with Crippen molar-refractivity contribution in [3.05, 3.63) is 40.4 Å². The molecule has 0 radical (unpaired) electrons. The molecule has 1 fully saturated rings. The molecular weight excluding hydrogens is 340 g/mol. The van der Waals surface area contributed by atoms with Gasteiger partial charge in [-0.2, -0.15) is 0 Å². The standard InChI is InChI=1S/C18H20N2O4S/c1-3-12-4-6-13(7-5-12)16-19-11(2)15(25-16)17(21)20-8-9-24-14(10-20)18(22)23/h4-7,14H,3,8-10H2,1-2H3,(H,22,23)/t14-/m0/s1. The molecule has 1 amide bonds. The lowest BCUT2D eigenvalue weighted by molar-refractivity contribution is -0.154. The highest BCUT2D eigenvalue weighted by molar-refractivity contribution is 7.17. The van der Waals surface area contributed by atoms with Gasteiger partial charge in [0.25, 0.3) is 5.91 Å². The second-order valence-corrected chi connectivity index (χ2v) is 6.93. The summed E-state index contributed by atoms with van der Waals surface area (Å²) in [7, 11) is 0. The van der Waals surface area contributed by atoms with E-state index in [9.17, 15) is 9.59 Å². The third-order valence-electron chi connectivity index (χ3n) is 4.23. The molecule has 0 aliphatic carbocycles. The largest absolute Gasteiger partial charge is 0.479 e. The van der Waals surface area contributed by atoms with E-state index in [0.717, 1.165) is 17.0 Å². The van der Waals surface area contributed by atoms with E-state index in [4.69, 9.17) is 9.84 Å². The van der Waals surface area contributed by atoms with Crippen LogP contribution in [0.4, 0.5) is 0 Å². The number of carboxylic acids is 1. The van der Waals surface area contributed by atoms with Gasteiger partial charge in [0.05, 0.1) is 18.8 Å². The molecule has 0 unspecified atom stereocenters. The summed E-state index contributed by atoms with van der Waals surface area (Å²) >= 11 is 1.35. The summed E-state index contributed by atoms with van der Waals surface area (Å²) in [5.74, 6) is -1.23. The Labute approximate surface area is 150 Å². The summed E-state index contributed by atoms with van der Waals surface area (Å²) in [6, 6.07) is 8.15. The maximum atomic E-state index is 12.8. The predicted molar refractivity (Wildman–Crippen MR) is 94.9 cm³/mol. The van der Waals surface area contributed by atoms with E-state index in [1.807, 2.05) is 19.1 Å². The van der Waals surface area contributed by atoms with Crippen molar-refractivity contribution in [3.63, 3.8) is 0 Å². The number of carbonyl (C=O) groups excluding carboxylic acids is 1. The molecule has 1 N–H and O–H groups in total. The second-order valence-electron chi connectivity index (χ2n) is 5.93. The van der Waals surface area contributed by atoms with Gasteiger partial charge in [-0.1, -0.05) is 31.2 Å². The zero-order valence-electron chi connectivity index (χ0n) is 14.2. The predicted octanol–water partition coefficient (Wildman–Crippen LogP) is 2.61. The van der Waals surface area contributed by atoms with Crippen LogP contribution in [0.25, 0.3) is 10.6 Å². The van der Waals surface area contributed by atoms with Gasteiger partial charge in [0.1, 0.15) is 9.88 Å². The number of aliphatic carboxylic acids is 1. The number of aryl methyl sites for hydroxylation is 2. The summed E-state index contributed by atoms with van der Waals surface area (Å²) in [4.78, 5) is 30.5. The molecule has 1 aromatic carbocycles. The first-order chi connectivity index (χ1) is 12.0. The highest BCUT2D eigenvalue weighted by atomic mass is 32.1. The number of aromatic nitrogens is 1. The van der Waals surface area contributed by atoms with Crippen molar-refractivity contribution in [2.24, 2.45) is 0 Å². The molecule has 2 aromatic rings. The molecule has 6 nitrogen and oxygen atoms in total. The number of hydrogen-bond donors (Lipinski definition) is 1. The fourth-order valence-corrected chi connectivity index (χ4v) is 3.77. The first-order valence-corrected chi connectivity index (χ1v) is 9.01. The number of carboxylic acid groups (broad SMARTS) is 1. The Morgan fingerprint density at radius 3 is 2.72 bits per heavy atom. The fourth-order valence-electron chi connectivity index (χ4n) is 2.73. The molecular formula is C18H20N2O4S. The van der Waals surface area contributed by atoms with Crippen LogP contribution in [0.3, 0.4) is 0 Å². The molecule has 1 aromatic heterocycles. The highest BCUT2D eigenvalue weighted by Gasteiger charge is 2.31. The molecule has 0 bridgehead atoms. The van der Waals surface area contributed by atoms with Crippen molar-refractivity contribution in [3.8, 4) is 10.6 Å². The molecule has 132 valence electrons. The molecule has 2 heterocycles. The summed E-state index contributed by atoms with van der Waals surface area (Å²) in [6.45, 7) is 4.59. The average Bonchev–Trinajstić information content (AvgIpc) is 3.03. The topological polar surface area (TPSA) is 79.7 Å². The SMILES string of the molecule is CCc1ccc(-c2nc(C)c(C(=O)N3CCO[C@H](C(=O)O)C3)s2)cc1. The van der Waals surface area contributed by atoms with Crippen LogP contribution in [0.15, 0.2) is 24.3 Å². The average molecular weight is 360 g/mol. The summed E-state index contributed by atoms with van der Waals surface area (Å²) < 4.78 is 5.18. The van der Waals surface area contributed by atoms with Crippen LogP contribution >= 0.6 is 11.3 Å². The Hall–Kier alpha value is -2.25. The first-order valence-electron chi connectivity index (χ1n) is 8.20. The number of ether oxygens (including phenoxy) is 1. The van der Waals surface area contributed by atoms with E-state index in [-0.39, 0.29) is 19.1 Å². The number of benzene rings is 1. The molecule has 1 saturated heterocycles. The lowest BCUT2D eigenvalue weighted by Gasteiger charge is -2.30. The zero-order chi connectivity index (χ0) is 18.0. The number of thiazole rings is 1. The van der Waals surface area contributed by atoms with Crippen LogP contribution in [0.1, 0.15) is 27.9 Å². The van der Waals surface area contributed by atoms with Gasteiger partial charge in [0, 0.05) is 12.1 Å². The molecule has 25 heavy (non-hydrogen) atoms. The van der Waals surface area contributed by atoms with Crippen LogP contribution in [0.2, 0.25) is 0 Å². The van der Waals surface area contributed by atoms with Gasteiger partial charge in [-0.15, -0.1) is 11.3 Å². The van der Waals surface area contributed by atoms with Gasteiger partial charge in [0.2, 0.25) is 0 Å². The van der Waals surface area contributed by atoms with Crippen molar-refractivity contribution < 1.29 is 19.4 Å². The van der Waals surface area contributed by atoms with Crippen molar-refractivity contribution in [2.45, 2.75) is 26.4 Å². The third-order valence-corrected chi connectivity index (χ3v) is 5.42. The fraction of sp³-hybridized carbons (Fsp3) is 0.389. The number of nitrogens with zero attached hydrogens (tertiary/aromatic N) is 2. The van der Waals surface area contributed by atoms with Crippen molar-refractivity contribution in [1.29, 1.82) is 0 Å². The minimum absolute atomic E-state index is 0.0615. The van der Waals surface area contributed by atoms with Crippen LogP contribution in [-0.2, 0) is 16.0 Å². The Morgan fingerprint density at radius 1 is 1.36 bits per heavy atom. The summed E-state index contributed by atoms with van der Waals surface area (Å²) in [5, 5.41) is 9.88. The van der Waals surface area contributed by atoms with Crippen molar-refractivity contribution >= 4 is 23.2 Å². The normalized spacial score (nSPS) is 17.5. The van der Waals surface area contributed by atoms with E-state index in [0.29, 0.717) is 17.1 Å². The molecule has 0 spiro atoms. The molecule has 1 aliphatic heterocycles. The van der Waals surface area contributed by atoms with E-state index < -0.39 is 12.1 Å². The van der Waals surface area contributed by atoms with Gasteiger partial charge in [-0.3, -0.25) is 4.79 Å². The Balaban J connectivity index is 1.81. The third kappa shape index (κ3) is 3.72. The first kappa shape index (κ1) is 17.6.